The summed E-state index contributed by atoms with van der Waals surface area (Å²) >= 11 is 0. The zero-order valence-electron chi connectivity index (χ0n) is 16.7. The summed E-state index contributed by atoms with van der Waals surface area (Å²) in [6, 6.07) is 0. The van der Waals surface area contributed by atoms with Gasteiger partial charge in [-0.05, 0) is 43.9 Å². The molecule has 0 aromatic heterocycles. The third kappa shape index (κ3) is 3.02. The fourth-order valence-electron chi connectivity index (χ4n) is 6.70. The maximum atomic E-state index is 11.4. The summed E-state index contributed by atoms with van der Waals surface area (Å²) in [5.74, 6) is -0.576. The van der Waals surface area contributed by atoms with Crippen LogP contribution in [0.3, 0.4) is 0 Å². The predicted molar refractivity (Wildman–Crippen MR) is 99.1 cm³/mol. The zero-order chi connectivity index (χ0) is 19.4. The topological polar surface area (TPSA) is 139 Å². The number of rotatable bonds is 4. The highest BCUT2D eigenvalue weighted by molar-refractivity contribution is 5.68. The van der Waals surface area contributed by atoms with E-state index < -0.39 is 28.5 Å². The minimum absolute atomic E-state index is 0. The Hall–Kier alpha value is -0.730. The molecule has 0 radical (unpaired) electrons. The van der Waals surface area contributed by atoms with Crippen LogP contribution in [-0.2, 0) is 9.53 Å². The molecule has 1 saturated heterocycles. The van der Waals surface area contributed by atoms with Crippen molar-refractivity contribution in [2.75, 3.05) is 19.8 Å². The van der Waals surface area contributed by atoms with E-state index in [4.69, 9.17) is 4.74 Å². The van der Waals surface area contributed by atoms with E-state index in [-0.39, 0.29) is 49.0 Å². The molecular formula is C20H36O7. The van der Waals surface area contributed by atoms with Gasteiger partial charge in [0, 0.05) is 16.2 Å². The molecule has 1 spiro atoms. The molecule has 3 rings (SSSR count). The quantitative estimate of drug-likeness (QED) is 0.566. The molecule has 7 heteroatoms. The van der Waals surface area contributed by atoms with Crippen LogP contribution < -0.4 is 0 Å². The lowest BCUT2D eigenvalue weighted by molar-refractivity contribution is -0.242. The summed E-state index contributed by atoms with van der Waals surface area (Å²) in [5.41, 5.74) is -2.13. The van der Waals surface area contributed by atoms with Gasteiger partial charge < -0.3 is 30.6 Å². The second-order valence-electron chi connectivity index (χ2n) is 9.75. The third-order valence-electron chi connectivity index (χ3n) is 8.39. The van der Waals surface area contributed by atoms with Crippen molar-refractivity contribution >= 4 is 5.97 Å². The zero-order valence-corrected chi connectivity index (χ0v) is 16.7. The molecule has 0 aromatic carbocycles. The fourth-order valence-corrected chi connectivity index (χ4v) is 6.70. The highest BCUT2D eigenvalue weighted by Gasteiger charge is 2.69. The van der Waals surface area contributed by atoms with Gasteiger partial charge >= 0.3 is 5.97 Å². The lowest BCUT2D eigenvalue weighted by atomic mass is 9.43. The van der Waals surface area contributed by atoms with Gasteiger partial charge in [0.15, 0.2) is 0 Å². The smallest absolute Gasteiger partial charge is 0.304 e. The number of hydrogen-bond acceptors (Lipinski definition) is 5. The Kier molecular flexibility index (Phi) is 6.07. The maximum Gasteiger partial charge on any atom is 0.304 e. The Morgan fingerprint density at radius 2 is 1.81 bits per heavy atom. The van der Waals surface area contributed by atoms with Crippen molar-refractivity contribution in [2.24, 2.45) is 28.1 Å². The van der Waals surface area contributed by atoms with Crippen LogP contribution in [0.1, 0.15) is 59.3 Å². The van der Waals surface area contributed by atoms with Gasteiger partial charge in [-0.3, -0.25) is 4.79 Å². The minimum atomic E-state index is -0.913. The molecule has 2 saturated carbocycles. The fraction of sp³-hybridized carbons (Fsp3) is 0.950. The molecule has 2 aliphatic carbocycles. The Morgan fingerprint density at radius 1 is 1.15 bits per heavy atom. The van der Waals surface area contributed by atoms with Crippen molar-refractivity contribution in [2.45, 2.75) is 71.0 Å². The van der Waals surface area contributed by atoms with Crippen LogP contribution in [-0.4, -0.2) is 63.4 Å². The van der Waals surface area contributed by atoms with Crippen LogP contribution >= 0.6 is 0 Å². The molecule has 1 aliphatic heterocycles. The summed E-state index contributed by atoms with van der Waals surface area (Å²) in [6.45, 7) is 6.31. The van der Waals surface area contributed by atoms with Crippen LogP contribution in [0.5, 0.6) is 0 Å². The number of ether oxygens (including phenoxy) is 1. The first kappa shape index (κ1) is 22.6. The molecule has 7 atom stereocenters. The number of fused-ring (bicyclic) bond motifs is 2. The molecule has 3 fully saturated rings. The first-order valence-electron chi connectivity index (χ1n) is 9.85. The normalized spacial score (nSPS) is 49.5. The number of aliphatic hydroxyl groups excluding tert-OH is 3. The van der Waals surface area contributed by atoms with Gasteiger partial charge in [-0.25, -0.2) is 0 Å². The van der Waals surface area contributed by atoms with Gasteiger partial charge in [0.25, 0.3) is 0 Å². The molecule has 1 heterocycles. The van der Waals surface area contributed by atoms with Crippen LogP contribution in [0.25, 0.3) is 0 Å². The van der Waals surface area contributed by atoms with E-state index in [9.17, 15) is 25.2 Å². The number of carboxylic acid groups (broad SMARTS) is 1. The Morgan fingerprint density at radius 3 is 2.37 bits per heavy atom. The second kappa shape index (κ2) is 7.26. The highest BCUT2D eigenvalue weighted by atomic mass is 16.5. The van der Waals surface area contributed by atoms with Crippen molar-refractivity contribution < 1.29 is 35.4 Å². The van der Waals surface area contributed by atoms with Crippen LogP contribution in [0.2, 0.25) is 0 Å². The molecule has 3 aliphatic rings. The van der Waals surface area contributed by atoms with E-state index in [0.29, 0.717) is 12.8 Å². The van der Waals surface area contributed by atoms with E-state index in [1.165, 1.54) is 0 Å². The molecule has 27 heavy (non-hydrogen) atoms. The standard InChI is InChI=1S/C20H34O6.H2O/c1-13-4-5-14-17(2,10-21)15(23)6-7-18(14,3)20(13)9-19(11-22,12-26-20)8-16(24)25;/h13-15,21-23H,4-12H2,1-3H3,(H,24,25);1H2/t13-,14?,15+,17+,18+,19+,20-;/m1./s1. The monoisotopic (exact) mass is 388 g/mol. The summed E-state index contributed by atoms with van der Waals surface area (Å²) in [7, 11) is 0. The average molecular weight is 389 g/mol. The second-order valence-corrected chi connectivity index (χ2v) is 9.75. The largest absolute Gasteiger partial charge is 0.481 e. The van der Waals surface area contributed by atoms with Crippen molar-refractivity contribution in [3.63, 3.8) is 0 Å². The van der Waals surface area contributed by atoms with Gasteiger partial charge in [0.1, 0.15) is 0 Å². The first-order chi connectivity index (χ1) is 12.1. The minimum Gasteiger partial charge on any atom is -0.481 e. The summed E-state index contributed by atoms with van der Waals surface area (Å²) < 4.78 is 6.46. The number of aliphatic carboxylic acids is 1. The van der Waals surface area contributed by atoms with Crippen molar-refractivity contribution in [1.82, 2.24) is 0 Å². The molecule has 0 aromatic rings. The molecule has 1 unspecified atom stereocenters. The molecular weight excluding hydrogens is 352 g/mol. The van der Waals surface area contributed by atoms with Gasteiger partial charge in [0.05, 0.1) is 37.9 Å². The lowest BCUT2D eigenvalue weighted by Gasteiger charge is -2.64. The van der Waals surface area contributed by atoms with Crippen LogP contribution in [0.15, 0.2) is 0 Å². The maximum absolute atomic E-state index is 11.4. The predicted octanol–water partition coefficient (Wildman–Crippen LogP) is 0.980. The lowest BCUT2D eigenvalue weighted by Crippen LogP contribution is -2.66. The molecule has 7 nitrogen and oxygen atoms in total. The molecule has 6 N–H and O–H groups in total. The summed E-state index contributed by atoms with van der Waals surface area (Å²) in [4.78, 5) is 11.4. The Balaban J connectivity index is 0.00000261. The molecule has 0 amide bonds. The van der Waals surface area contributed by atoms with Crippen LogP contribution in [0.4, 0.5) is 0 Å². The SMILES string of the molecule is C[C@@H]1CCC2[C@](C)(CO)[C@@H](O)CC[C@]2(C)[C@@]12C[C@](CO)(CC(=O)O)CO2.O. The van der Waals surface area contributed by atoms with Crippen molar-refractivity contribution in [3.8, 4) is 0 Å². The Labute approximate surface area is 161 Å². The van der Waals surface area contributed by atoms with Gasteiger partial charge in [-0.2, -0.15) is 0 Å². The number of carboxylic acids is 1. The summed E-state index contributed by atoms with van der Waals surface area (Å²) in [6.07, 6.45) is 3.10. The number of hydrogen-bond donors (Lipinski definition) is 4. The van der Waals surface area contributed by atoms with Crippen molar-refractivity contribution in [1.29, 1.82) is 0 Å². The van der Waals surface area contributed by atoms with Gasteiger partial charge in [0.2, 0.25) is 0 Å². The molecule has 0 bridgehead atoms. The van der Waals surface area contributed by atoms with Crippen LogP contribution in [0, 0.1) is 28.1 Å². The highest BCUT2D eigenvalue weighted by Crippen LogP contribution is 2.67. The van der Waals surface area contributed by atoms with Crippen molar-refractivity contribution in [3.05, 3.63) is 0 Å². The van der Waals surface area contributed by atoms with E-state index in [1.807, 2.05) is 6.92 Å². The summed E-state index contributed by atoms with van der Waals surface area (Å²) in [5, 5.41) is 40.1. The van der Waals surface area contributed by atoms with Gasteiger partial charge in [-0.15, -0.1) is 0 Å². The number of aliphatic hydroxyl groups is 3. The van der Waals surface area contributed by atoms with E-state index in [1.54, 1.807) is 0 Å². The first-order valence-corrected chi connectivity index (χ1v) is 9.85. The Bertz CT molecular complexity index is 569. The van der Waals surface area contributed by atoms with E-state index >= 15 is 0 Å². The van der Waals surface area contributed by atoms with Gasteiger partial charge in [-0.1, -0.05) is 20.8 Å². The van der Waals surface area contributed by atoms with E-state index in [0.717, 1.165) is 19.3 Å². The number of carbonyl (C=O) groups is 1. The third-order valence-corrected chi connectivity index (χ3v) is 8.39. The molecule has 158 valence electrons. The average Bonchev–Trinajstić information content (AvgIpc) is 2.98. The van der Waals surface area contributed by atoms with E-state index in [2.05, 4.69) is 13.8 Å².